The molecule has 148 valence electrons. The molecule has 1 amide bonds. The van der Waals surface area contributed by atoms with Crippen molar-refractivity contribution in [2.45, 2.75) is 45.1 Å². The van der Waals surface area contributed by atoms with Gasteiger partial charge in [-0.1, -0.05) is 18.2 Å². The Labute approximate surface area is 166 Å². The predicted octanol–water partition coefficient (Wildman–Crippen LogP) is 4.14. The molecule has 0 aromatic heterocycles. The van der Waals surface area contributed by atoms with E-state index in [1.54, 1.807) is 17.6 Å². The van der Waals surface area contributed by atoms with Gasteiger partial charge < -0.3 is 9.80 Å². The Morgan fingerprint density at radius 2 is 1.68 bits per heavy atom. The Morgan fingerprint density at radius 1 is 0.929 bits per heavy atom. The number of anilines is 2. The Balaban J connectivity index is 1.57. The van der Waals surface area contributed by atoms with Crippen LogP contribution in [0, 0.1) is 0 Å². The molecule has 28 heavy (non-hydrogen) atoms. The fourth-order valence-electron chi connectivity index (χ4n) is 4.36. The molecule has 2 aromatic carbocycles. The zero-order chi connectivity index (χ0) is 19.3. The van der Waals surface area contributed by atoms with Crippen LogP contribution in [0.1, 0.15) is 53.6 Å². The molecule has 0 spiro atoms. The minimum atomic E-state index is -0.474. The fraction of sp³-hybridized carbons (Fsp3) is 0.435. The molecule has 2 aromatic rings. The van der Waals surface area contributed by atoms with Gasteiger partial charge in [0.2, 0.25) is 0 Å². The standard InChI is InChI=1S/C23H29N3O2/c27-23(24-28)20-9-7-18(8-10-20)17-26-15-5-2-6-19-11-12-21(16-22(19)26)25-13-3-1-4-14-25/h7-12,16,28H,1-6,13-15,17H2,(H,24,27). The van der Waals surface area contributed by atoms with Crippen molar-refractivity contribution in [2.75, 3.05) is 29.4 Å². The first-order chi connectivity index (χ1) is 13.7. The van der Waals surface area contributed by atoms with E-state index >= 15 is 0 Å². The Kier molecular flexibility index (Phi) is 5.81. The number of aryl methyl sites for hydroxylation is 1. The number of hydrogen-bond donors (Lipinski definition) is 2. The number of benzene rings is 2. The summed E-state index contributed by atoms with van der Waals surface area (Å²) in [6.07, 6.45) is 7.48. The van der Waals surface area contributed by atoms with E-state index in [9.17, 15) is 4.79 Å². The molecular weight excluding hydrogens is 350 g/mol. The quantitative estimate of drug-likeness (QED) is 0.619. The lowest BCUT2D eigenvalue weighted by Gasteiger charge is -2.31. The van der Waals surface area contributed by atoms with E-state index in [0.29, 0.717) is 5.56 Å². The highest BCUT2D eigenvalue weighted by atomic mass is 16.5. The summed E-state index contributed by atoms with van der Waals surface area (Å²) >= 11 is 0. The van der Waals surface area contributed by atoms with Crippen molar-refractivity contribution in [2.24, 2.45) is 0 Å². The number of hydrogen-bond acceptors (Lipinski definition) is 4. The molecule has 2 N–H and O–H groups in total. The average Bonchev–Trinajstić information content (AvgIpc) is 2.96. The molecule has 5 heteroatoms. The van der Waals surface area contributed by atoms with Gasteiger partial charge in [-0.25, -0.2) is 5.48 Å². The molecule has 4 rings (SSSR count). The lowest BCUT2D eigenvalue weighted by Crippen LogP contribution is -2.30. The van der Waals surface area contributed by atoms with Gasteiger partial charge >= 0.3 is 0 Å². The van der Waals surface area contributed by atoms with Crippen LogP contribution in [0.15, 0.2) is 42.5 Å². The summed E-state index contributed by atoms with van der Waals surface area (Å²) in [5.74, 6) is -0.474. The van der Waals surface area contributed by atoms with Gasteiger partial charge in [-0.2, -0.15) is 0 Å². The third-order valence-corrected chi connectivity index (χ3v) is 5.95. The molecule has 0 radical (unpaired) electrons. The molecule has 0 saturated carbocycles. The minimum absolute atomic E-state index is 0.468. The predicted molar refractivity (Wildman–Crippen MR) is 112 cm³/mol. The van der Waals surface area contributed by atoms with E-state index in [0.717, 1.165) is 32.6 Å². The highest BCUT2D eigenvalue weighted by Crippen LogP contribution is 2.33. The summed E-state index contributed by atoms with van der Waals surface area (Å²) in [6, 6.07) is 14.5. The third kappa shape index (κ3) is 4.14. The molecule has 0 atom stereocenters. The Hall–Kier alpha value is -2.53. The number of carbonyl (C=O) groups excluding carboxylic acids is 1. The molecule has 2 heterocycles. The smallest absolute Gasteiger partial charge is 0.274 e. The zero-order valence-corrected chi connectivity index (χ0v) is 16.4. The largest absolute Gasteiger partial charge is 0.371 e. The van der Waals surface area contributed by atoms with Crippen molar-refractivity contribution in [3.05, 3.63) is 59.2 Å². The van der Waals surface area contributed by atoms with Crippen molar-refractivity contribution in [1.29, 1.82) is 0 Å². The van der Waals surface area contributed by atoms with Crippen molar-refractivity contribution in [3.8, 4) is 0 Å². The molecule has 0 unspecified atom stereocenters. The second kappa shape index (κ2) is 8.65. The van der Waals surface area contributed by atoms with E-state index in [2.05, 4.69) is 28.0 Å². The summed E-state index contributed by atoms with van der Waals surface area (Å²) in [4.78, 5) is 16.5. The SMILES string of the molecule is O=C(NO)c1ccc(CN2CCCCc3ccc(N4CCCCC4)cc32)cc1. The van der Waals surface area contributed by atoms with Gasteiger partial charge in [0.05, 0.1) is 0 Å². The zero-order valence-electron chi connectivity index (χ0n) is 16.4. The van der Waals surface area contributed by atoms with Gasteiger partial charge in [-0.3, -0.25) is 10.0 Å². The number of carbonyl (C=O) groups is 1. The van der Waals surface area contributed by atoms with Gasteiger partial charge in [0, 0.05) is 43.1 Å². The number of nitrogens with zero attached hydrogens (tertiary/aromatic N) is 2. The minimum Gasteiger partial charge on any atom is -0.371 e. The second-order valence-electron chi connectivity index (χ2n) is 7.88. The highest BCUT2D eigenvalue weighted by Gasteiger charge is 2.19. The number of piperidine rings is 1. The van der Waals surface area contributed by atoms with E-state index in [-0.39, 0.29) is 0 Å². The van der Waals surface area contributed by atoms with Gasteiger partial charge in [-0.15, -0.1) is 0 Å². The van der Waals surface area contributed by atoms with Crippen LogP contribution in [0.25, 0.3) is 0 Å². The third-order valence-electron chi connectivity index (χ3n) is 5.95. The maximum Gasteiger partial charge on any atom is 0.274 e. The van der Waals surface area contributed by atoms with Gasteiger partial charge in [0.25, 0.3) is 5.91 Å². The first-order valence-electron chi connectivity index (χ1n) is 10.4. The maximum absolute atomic E-state index is 11.5. The summed E-state index contributed by atoms with van der Waals surface area (Å²) in [5.41, 5.74) is 7.47. The fourth-order valence-corrected chi connectivity index (χ4v) is 4.36. The molecule has 1 saturated heterocycles. The van der Waals surface area contributed by atoms with E-state index < -0.39 is 5.91 Å². The highest BCUT2D eigenvalue weighted by molar-refractivity contribution is 5.93. The lowest BCUT2D eigenvalue weighted by atomic mass is 10.0. The number of nitrogens with one attached hydrogen (secondary N) is 1. The van der Waals surface area contributed by atoms with E-state index in [1.165, 1.54) is 54.6 Å². The van der Waals surface area contributed by atoms with E-state index in [4.69, 9.17) is 5.21 Å². The maximum atomic E-state index is 11.5. The average molecular weight is 380 g/mol. The number of rotatable bonds is 4. The summed E-state index contributed by atoms with van der Waals surface area (Å²) in [6.45, 7) is 4.20. The Bertz CT molecular complexity index is 813. The number of hydroxylamine groups is 1. The Morgan fingerprint density at radius 3 is 2.43 bits per heavy atom. The van der Waals surface area contributed by atoms with Crippen molar-refractivity contribution >= 4 is 17.3 Å². The van der Waals surface area contributed by atoms with Gasteiger partial charge in [0.15, 0.2) is 0 Å². The first-order valence-corrected chi connectivity index (χ1v) is 10.4. The normalized spacial score (nSPS) is 17.0. The second-order valence-corrected chi connectivity index (χ2v) is 7.88. The van der Waals surface area contributed by atoms with Gasteiger partial charge in [-0.05, 0) is 73.9 Å². The molecule has 0 bridgehead atoms. The topological polar surface area (TPSA) is 55.8 Å². The van der Waals surface area contributed by atoms with Crippen molar-refractivity contribution in [1.82, 2.24) is 5.48 Å². The van der Waals surface area contributed by atoms with Crippen LogP contribution in [-0.4, -0.2) is 30.7 Å². The van der Waals surface area contributed by atoms with E-state index in [1.807, 2.05) is 12.1 Å². The van der Waals surface area contributed by atoms with Gasteiger partial charge in [0.1, 0.15) is 0 Å². The summed E-state index contributed by atoms with van der Waals surface area (Å²) in [5, 5.41) is 8.78. The first kappa shape index (κ1) is 18.8. The molecule has 5 nitrogen and oxygen atoms in total. The number of fused-ring (bicyclic) bond motifs is 1. The summed E-state index contributed by atoms with van der Waals surface area (Å²) in [7, 11) is 0. The van der Waals surface area contributed by atoms with Crippen LogP contribution in [0.3, 0.4) is 0 Å². The number of amides is 1. The molecule has 0 aliphatic carbocycles. The van der Waals surface area contributed by atoms with Crippen LogP contribution in [-0.2, 0) is 13.0 Å². The summed E-state index contributed by atoms with van der Waals surface area (Å²) < 4.78 is 0. The van der Waals surface area contributed by atoms with Crippen LogP contribution in [0.5, 0.6) is 0 Å². The van der Waals surface area contributed by atoms with Crippen LogP contribution < -0.4 is 15.3 Å². The van der Waals surface area contributed by atoms with Crippen LogP contribution in [0.4, 0.5) is 11.4 Å². The van der Waals surface area contributed by atoms with Crippen molar-refractivity contribution < 1.29 is 10.0 Å². The molecular formula is C23H29N3O2. The molecule has 1 fully saturated rings. The lowest BCUT2D eigenvalue weighted by molar-refractivity contribution is 0.0706. The van der Waals surface area contributed by atoms with Crippen LogP contribution >= 0.6 is 0 Å². The molecule has 2 aliphatic heterocycles. The monoisotopic (exact) mass is 379 g/mol. The van der Waals surface area contributed by atoms with Crippen LogP contribution in [0.2, 0.25) is 0 Å². The van der Waals surface area contributed by atoms with Crippen molar-refractivity contribution in [3.63, 3.8) is 0 Å². The molecule has 2 aliphatic rings.